The first-order chi connectivity index (χ1) is 8.69. The Morgan fingerprint density at radius 1 is 1.06 bits per heavy atom. The molecule has 0 amide bonds. The van der Waals surface area contributed by atoms with Gasteiger partial charge in [0.25, 0.3) is 0 Å². The summed E-state index contributed by atoms with van der Waals surface area (Å²) in [5.74, 6) is 3.30. The molecule has 0 aromatic rings. The summed E-state index contributed by atoms with van der Waals surface area (Å²) >= 11 is 0. The molecular weight excluding hydrogens is 220 g/mol. The van der Waals surface area contributed by atoms with Gasteiger partial charge in [0.2, 0.25) is 0 Å². The van der Waals surface area contributed by atoms with Crippen molar-refractivity contribution >= 4 is 0 Å². The summed E-state index contributed by atoms with van der Waals surface area (Å²) in [6.45, 7) is 3.80. The van der Waals surface area contributed by atoms with Crippen molar-refractivity contribution in [2.24, 2.45) is 23.2 Å². The molecule has 0 saturated heterocycles. The number of nitrogens with zero attached hydrogens (tertiary/aromatic N) is 1. The number of hydrogen-bond acceptors (Lipinski definition) is 2. The summed E-state index contributed by atoms with van der Waals surface area (Å²) in [6, 6.07) is 0. The largest absolute Gasteiger partial charge is 0.320 e. The summed E-state index contributed by atoms with van der Waals surface area (Å²) in [5.41, 5.74) is 0.725. The second kappa shape index (κ2) is 5.13. The molecule has 0 atom stereocenters. The normalized spacial score (nSPS) is 41.8. The zero-order valence-corrected chi connectivity index (χ0v) is 12.3. The van der Waals surface area contributed by atoms with Crippen LogP contribution in [-0.4, -0.2) is 38.6 Å². The van der Waals surface area contributed by atoms with Gasteiger partial charge in [-0.3, -0.25) is 0 Å². The Morgan fingerprint density at radius 3 is 2.11 bits per heavy atom. The van der Waals surface area contributed by atoms with Crippen molar-refractivity contribution in [3.63, 3.8) is 0 Å². The molecule has 4 fully saturated rings. The van der Waals surface area contributed by atoms with E-state index in [1.807, 2.05) is 0 Å². The van der Waals surface area contributed by atoms with E-state index in [4.69, 9.17) is 0 Å². The molecule has 4 bridgehead atoms. The van der Waals surface area contributed by atoms with Crippen molar-refractivity contribution in [2.75, 3.05) is 33.7 Å². The minimum absolute atomic E-state index is 0.725. The quantitative estimate of drug-likeness (QED) is 0.729. The second-order valence-electron chi connectivity index (χ2n) is 7.61. The maximum absolute atomic E-state index is 3.26. The van der Waals surface area contributed by atoms with Crippen LogP contribution in [0.1, 0.15) is 44.9 Å². The van der Waals surface area contributed by atoms with Gasteiger partial charge in [-0.05, 0) is 95.3 Å². The first-order valence-electron chi connectivity index (χ1n) is 8.02. The van der Waals surface area contributed by atoms with Crippen LogP contribution in [0, 0.1) is 23.2 Å². The van der Waals surface area contributed by atoms with Crippen LogP contribution < -0.4 is 5.32 Å². The van der Waals surface area contributed by atoms with E-state index in [2.05, 4.69) is 24.3 Å². The van der Waals surface area contributed by atoms with Crippen LogP contribution in [0.25, 0.3) is 0 Å². The molecule has 0 heterocycles. The lowest BCUT2D eigenvalue weighted by Crippen LogP contribution is -2.50. The molecule has 0 unspecified atom stereocenters. The zero-order valence-electron chi connectivity index (χ0n) is 12.3. The van der Waals surface area contributed by atoms with Crippen LogP contribution >= 0.6 is 0 Å². The Labute approximate surface area is 113 Å². The maximum atomic E-state index is 3.26. The van der Waals surface area contributed by atoms with Gasteiger partial charge in [0.15, 0.2) is 0 Å². The lowest BCUT2D eigenvalue weighted by molar-refractivity contribution is -0.0661. The summed E-state index contributed by atoms with van der Waals surface area (Å²) in [4.78, 5) is 2.62. The van der Waals surface area contributed by atoms with Crippen molar-refractivity contribution in [1.29, 1.82) is 0 Å². The molecule has 0 aliphatic heterocycles. The highest BCUT2D eigenvalue weighted by Gasteiger charge is 2.50. The van der Waals surface area contributed by atoms with E-state index < -0.39 is 0 Å². The third kappa shape index (κ3) is 2.60. The first-order valence-corrected chi connectivity index (χ1v) is 8.02. The van der Waals surface area contributed by atoms with Gasteiger partial charge in [0.05, 0.1) is 0 Å². The van der Waals surface area contributed by atoms with E-state index in [0.29, 0.717) is 0 Å². The Morgan fingerprint density at radius 2 is 1.61 bits per heavy atom. The molecule has 1 N–H and O–H groups in total. The standard InChI is InChI=1S/C16H30N2/c1-17-4-3-5-18(2)12-16-9-13-6-14(10-16)8-15(7-13)11-16/h13-15,17H,3-12H2,1-2H3. The zero-order chi connectivity index (χ0) is 12.6. The molecule has 4 aliphatic rings. The first kappa shape index (κ1) is 12.9. The molecule has 2 heteroatoms. The SMILES string of the molecule is CNCCCN(C)CC12CC3CC(CC(C3)C1)C2. The molecule has 4 aliphatic carbocycles. The second-order valence-corrected chi connectivity index (χ2v) is 7.61. The molecule has 0 aromatic carbocycles. The summed E-state index contributed by atoms with van der Waals surface area (Å²) in [6.07, 6.45) is 10.7. The minimum Gasteiger partial charge on any atom is -0.320 e. The van der Waals surface area contributed by atoms with Crippen molar-refractivity contribution in [2.45, 2.75) is 44.9 Å². The predicted molar refractivity (Wildman–Crippen MR) is 76.6 cm³/mol. The van der Waals surface area contributed by atoms with Crippen LogP contribution in [0.5, 0.6) is 0 Å². The average molecular weight is 250 g/mol. The molecule has 0 radical (unpaired) electrons. The molecule has 0 aromatic heterocycles. The lowest BCUT2D eigenvalue weighted by Gasteiger charge is -2.57. The fourth-order valence-electron chi connectivity index (χ4n) is 5.66. The van der Waals surface area contributed by atoms with E-state index in [1.165, 1.54) is 19.5 Å². The lowest BCUT2D eigenvalue weighted by atomic mass is 9.49. The Kier molecular flexibility index (Phi) is 3.68. The van der Waals surface area contributed by atoms with Gasteiger partial charge in [0.1, 0.15) is 0 Å². The van der Waals surface area contributed by atoms with Crippen molar-refractivity contribution < 1.29 is 0 Å². The van der Waals surface area contributed by atoms with Gasteiger partial charge >= 0.3 is 0 Å². The molecule has 0 spiro atoms. The third-order valence-electron chi connectivity index (χ3n) is 5.74. The van der Waals surface area contributed by atoms with E-state index >= 15 is 0 Å². The highest BCUT2D eigenvalue weighted by molar-refractivity contribution is 5.02. The van der Waals surface area contributed by atoms with Gasteiger partial charge < -0.3 is 10.2 Å². The van der Waals surface area contributed by atoms with Crippen LogP contribution in [0.2, 0.25) is 0 Å². The van der Waals surface area contributed by atoms with E-state index in [0.717, 1.165) is 29.7 Å². The van der Waals surface area contributed by atoms with Gasteiger partial charge in [-0.1, -0.05) is 0 Å². The molecule has 104 valence electrons. The molecule has 2 nitrogen and oxygen atoms in total. The number of hydrogen-bond donors (Lipinski definition) is 1. The Balaban J connectivity index is 1.55. The monoisotopic (exact) mass is 250 g/mol. The van der Waals surface area contributed by atoms with Gasteiger partial charge in [0, 0.05) is 6.54 Å². The Bertz CT molecular complexity index is 252. The minimum atomic E-state index is 0.725. The van der Waals surface area contributed by atoms with Crippen LogP contribution in [0.3, 0.4) is 0 Å². The molecule has 4 rings (SSSR count). The highest BCUT2D eigenvalue weighted by Crippen LogP contribution is 2.60. The van der Waals surface area contributed by atoms with Crippen LogP contribution in [-0.2, 0) is 0 Å². The summed E-state index contributed by atoms with van der Waals surface area (Å²) < 4.78 is 0. The van der Waals surface area contributed by atoms with Crippen LogP contribution in [0.15, 0.2) is 0 Å². The molecule has 4 saturated carbocycles. The van der Waals surface area contributed by atoms with E-state index in [9.17, 15) is 0 Å². The summed E-state index contributed by atoms with van der Waals surface area (Å²) in [7, 11) is 4.40. The topological polar surface area (TPSA) is 15.3 Å². The predicted octanol–water partition coefficient (Wildman–Crippen LogP) is 2.74. The fraction of sp³-hybridized carbons (Fsp3) is 1.00. The van der Waals surface area contributed by atoms with Crippen molar-refractivity contribution in [1.82, 2.24) is 10.2 Å². The fourth-order valence-corrected chi connectivity index (χ4v) is 5.66. The van der Waals surface area contributed by atoms with E-state index in [-0.39, 0.29) is 0 Å². The van der Waals surface area contributed by atoms with Gasteiger partial charge in [-0.25, -0.2) is 0 Å². The maximum Gasteiger partial charge on any atom is 0.00352 e. The van der Waals surface area contributed by atoms with E-state index in [1.54, 1.807) is 38.5 Å². The molecular formula is C16H30N2. The average Bonchev–Trinajstić information content (AvgIpc) is 2.26. The molecule has 18 heavy (non-hydrogen) atoms. The smallest absolute Gasteiger partial charge is 0.00352 e. The van der Waals surface area contributed by atoms with Gasteiger partial charge in [-0.2, -0.15) is 0 Å². The van der Waals surface area contributed by atoms with Crippen molar-refractivity contribution in [3.8, 4) is 0 Å². The summed E-state index contributed by atoms with van der Waals surface area (Å²) in [5, 5.41) is 3.26. The highest BCUT2D eigenvalue weighted by atomic mass is 15.1. The number of nitrogens with one attached hydrogen (secondary N) is 1. The van der Waals surface area contributed by atoms with Crippen LogP contribution in [0.4, 0.5) is 0 Å². The Hall–Kier alpha value is -0.0800. The van der Waals surface area contributed by atoms with Gasteiger partial charge in [-0.15, -0.1) is 0 Å². The third-order valence-corrected chi connectivity index (χ3v) is 5.74. The number of rotatable bonds is 6. The van der Waals surface area contributed by atoms with Crippen molar-refractivity contribution in [3.05, 3.63) is 0 Å².